The van der Waals surface area contributed by atoms with E-state index in [1.807, 2.05) is 0 Å². The van der Waals surface area contributed by atoms with Crippen LogP contribution in [0.25, 0.3) is 0 Å². The van der Waals surface area contributed by atoms with Crippen molar-refractivity contribution >= 4 is 13.8 Å². The number of unbranched alkanes of at least 4 members (excludes halogenated alkanes) is 3. The van der Waals surface area contributed by atoms with E-state index in [0.29, 0.717) is 6.61 Å². The van der Waals surface area contributed by atoms with Gasteiger partial charge in [0, 0.05) is 0 Å². The van der Waals surface area contributed by atoms with Crippen LogP contribution in [0.4, 0.5) is 0 Å². The number of esters is 1. The van der Waals surface area contributed by atoms with Gasteiger partial charge in [0.15, 0.2) is 0 Å². The summed E-state index contributed by atoms with van der Waals surface area (Å²) in [6.45, 7) is 2.75. The molecule has 18 heavy (non-hydrogen) atoms. The molecular weight excluding hydrogens is 223 g/mol. The van der Waals surface area contributed by atoms with E-state index < -0.39 is 0 Å². The average molecular weight is 252 g/mol. The second-order valence-corrected chi connectivity index (χ2v) is 5.79. The fraction of sp³-hybridized carbons (Fsp3) is 0.933. The maximum Gasteiger partial charge on any atom is 0.312 e. The zero-order chi connectivity index (χ0) is 13.3. The molecular formula is C15H29BO2. The molecule has 0 amide bonds. The molecule has 1 saturated carbocycles. The normalized spacial score (nSPS) is 17.8. The van der Waals surface area contributed by atoms with Crippen LogP contribution >= 0.6 is 0 Å². The van der Waals surface area contributed by atoms with E-state index in [1.165, 1.54) is 38.4 Å². The molecule has 1 fully saturated rings. The molecule has 0 radical (unpaired) electrons. The fourth-order valence-electron chi connectivity index (χ4n) is 2.96. The van der Waals surface area contributed by atoms with Crippen LogP contribution in [0.2, 0.25) is 6.32 Å². The van der Waals surface area contributed by atoms with E-state index in [0.717, 1.165) is 32.1 Å². The predicted octanol–water partition coefficient (Wildman–Crippen LogP) is 3.50. The molecule has 1 aliphatic carbocycles. The van der Waals surface area contributed by atoms with Crippen molar-refractivity contribution in [2.45, 2.75) is 77.5 Å². The van der Waals surface area contributed by atoms with Gasteiger partial charge in [-0.15, -0.1) is 0 Å². The minimum atomic E-state index is -0.110. The molecule has 0 heterocycles. The summed E-state index contributed by atoms with van der Waals surface area (Å²) in [5.41, 5.74) is -0.110. The lowest BCUT2D eigenvalue weighted by atomic mass is 9.80. The summed E-state index contributed by atoms with van der Waals surface area (Å²) >= 11 is 0. The van der Waals surface area contributed by atoms with Crippen molar-refractivity contribution in [1.82, 2.24) is 0 Å². The highest BCUT2D eigenvalue weighted by atomic mass is 16.5. The van der Waals surface area contributed by atoms with Crippen LogP contribution in [0.5, 0.6) is 0 Å². The number of ether oxygens (including phenoxy) is 1. The molecule has 0 aromatic carbocycles. The number of hydrogen-bond donors (Lipinski definition) is 0. The summed E-state index contributed by atoms with van der Waals surface area (Å²) in [5, 5.41) is 0. The van der Waals surface area contributed by atoms with Crippen molar-refractivity contribution in [3.05, 3.63) is 0 Å². The van der Waals surface area contributed by atoms with Crippen molar-refractivity contribution in [3.8, 4) is 0 Å². The van der Waals surface area contributed by atoms with Crippen molar-refractivity contribution in [1.29, 1.82) is 0 Å². The van der Waals surface area contributed by atoms with Crippen LogP contribution < -0.4 is 0 Å². The largest absolute Gasteiger partial charge is 0.465 e. The van der Waals surface area contributed by atoms with Crippen LogP contribution in [0, 0.1) is 5.41 Å². The second kappa shape index (κ2) is 8.60. The molecule has 0 aromatic rings. The summed E-state index contributed by atoms with van der Waals surface area (Å²) in [5.74, 6) is 0.102. The number of hydrogen-bond acceptors (Lipinski definition) is 2. The van der Waals surface area contributed by atoms with Crippen molar-refractivity contribution in [2.75, 3.05) is 6.61 Å². The zero-order valence-corrected chi connectivity index (χ0v) is 12.3. The Kier molecular flexibility index (Phi) is 7.45. The van der Waals surface area contributed by atoms with Gasteiger partial charge in [-0.1, -0.05) is 51.8 Å². The van der Waals surface area contributed by atoms with Gasteiger partial charge in [-0.05, 0) is 25.7 Å². The van der Waals surface area contributed by atoms with Crippen LogP contribution in [0.1, 0.15) is 71.1 Å². The number of rotatable bonds is 9. The lowest BCUT2D eigenvalue weighted by molar-refractivity contribution is -0.156. The van der Waals surface area contributed by atoms with Crippen LogP contribution in [-0.2, 0) is 9.53 Å². The third-order valence-corrected chi connectivity index (χ3v) is 4.23. The van der Waals surface area contributed by atoms with Gasteiger partial charge in [-0.2, -0.15) is 0 Å². The summed E-state index contributed by atoms with van der Waals surface area (Å²) in [6.07, 6.45) is 12.7. The highest BCUT2D eigenvalue weighted by Crippen LogP contribution is 2.43. The topological polar surface area (TPSA) is 26.3 Å². The van der Waals surface area contributed by atoms with Gasteiger partial charge >= 0.3 is 5.97 Å². The van der Waals surface area contributed by atoms with Gasteiger partial charge in [-0.3, -0.25) is 4.79 Å². The standard InChI is InChI=1S/C15H29BO2/c1-2-3-13-18-14(17)15(10-6-7-11-15)9-5-4-8-12-16/h2-13,16H2,1H3. The van der Waals surface area contributed by atoms with Gasteiger partial charge in [0.25, 0.3) is 0 Å². The molecule has 0 aromatic heterocycles. The third-order valence-electron chi connectivity index (χ3n) is 4.23. The summed E-state index contributed by atoms with van der Waals surface area (Å²) < 4.78 is 5.49. The van der Waals surface area contributed by atoms with Gasteiger partial charge in [0.2, 0.25) is 0 Å². The molecule has 0 aliphatic heterocycles. The molecule has 104 valence electrons. The van der Waals surface area contributed by atoms with Gasteiger partial charge in [0.05, 0.1) is 12.0 Å². The SMILES string of the molecule is BCCCCCC1(C(=O)OCCCC)CCCC1. The smallest absolute Gasteiger partial charge is 0.312 e. The molecule has 0 unspecified atom stereocenters. The summed E-state index contributed by atoms with van der Waals surface area (Å²) in [6, 6.07) is 0. The first-order chi connectivity index (χ1) is 8.75. The van der Waals surface area contributed by atoms with Crippen molar-refractivity contribution in [3.63, 3.8) is 0 Å². The Morgan fingerprint density at radius 3 is 2.50 bits per heavy atom. The van der Waals surface area contributed by atoms with E-state index >= 15 is 0 Å². The Balaban J connectivity index is 2.38. The summed E-state index contributed by atoms with van der Waals surface area (Å²) in [4.78, 5) is 12.3. The van der Waals surface area contributed by atoms with Crippen molar-refractivity contribution < 1.29 is 9.53 Å². The van der Waals surface area contributed by atoms with Crippen LogP contribution in [0.15, 0.2) is 0 Å². The van der Waals surface area contributed by atoms with E-state index in [1.54, 1.807) is 0 Å². The molecule has 0 saturated heterocycles. The molecule has 0 atom stereocenters. The predicted molar refractivity (Wildman–Crippen MR) is 78.6 cm³/mol. The van der Waals surface area contributed by atoms with Gasteiger partial charge < -0.3 is 4.74 Å². The lowest BCUT2D eigenvalue weighted by Crippen LogP contribution is -2.30. The first-order valence-corrected chi connectivity index (χ1v) is 7.92. The Bertz CT molecular complexity index is 235. The molecule has 2 nitrogen and oxygen atoms in total. The molecule has 1 rings (SSSR count). The maximum absolute atomic E-state index is 12.3. The highest BCUT2D eigenvalue weighted by Gasteiger charge is 2.41. The Morgan fingerprint density at radius 1 is 1.17 bits per heavy atom. The van der Waals surface area contributed by atoms with Crippen LogP contribution in [0.3, 0.4) is 0 Å². The average Bonchev–Trinajstić information content (AvgIpc) is 2.85. The highest BCUT2D eigenvalue weighted by molar-refractivity contribution is 6.08. The monoisotopic (exact) mass is 252 g/mol. The molecule has 1 aliphatic rings. The first kappa shape index (κ1) is 15.6. The molecule has 0 N–H and O–H groups in total. The van der Waals surface area contributed by atoms with Crippen LogP contribution in [-0.4, -0.2) is 20.4 Å². The third kappa shape index (κ3) is 4.66. The Labute approximate surface area is 113 Å². The minimum absolute atomic E-state index is 0.102. The first-order valence-electron chi connectivity index (χ1n) is 7.92. The number of carbonyl (C=O) groups excluding carboxylic acids is 1. The van der Waals surface area contributed by atoms with E-state index in [9.17, 15) is 4.79 Å². The fourth-order valence-corrected chi connectivity index (χ4v) is 2.96. The van der Waals surface area contributed by atoms with Gasteiger partial charge in [0.1, 0.15) is 7.85 Å². The maximum atomic E-state index is 12.3. The quantitative estimate of drug-likeness (QED) is 0.356. The summed E-state index contributed by atoms with van der Waals surface area (Å²) in [7, 11) is 2.23. The molecule has 0 bridgehead atoms. The van der Waals surface area contributed by atoms with Gasteiger partial charge in [-0.25, -0.2) is 0 Å². The van der Waals surface area contributed by atoms with Crippen molar-refractivity contribution in [2.24, 2.45) is 5.41 Å². The molecule has 0 spiro atoms. The minimum Gasteiger partial charge on any atom is -0.465 e. The second-order valence-electron chi connectivity index (χ2n) is 5.79. The Hall–Kier alpha value is -0.465. The molecule has 3 heteroatoms. The van der Waals surface area contributed by atoms with E-state index in [-0.39, 0.29) is 11.4 Å². The number of carbonyl (C=O) groups is 1. The Morgan fingerprint density at radius 2 is 1.89 bits per heavy atom. The lowest BCUT2D eigenvalue weighted by Gasteiger charge is -2.26. The van der Waals surface area contributed by atoms with E-state index in [4.69, 9.17) is 4.74 Å². The zero-order valence-electron chi connectivity index (χ0n) is 12.3. The van der Waals surface area contributed by atoms with E-state index in [2.05, 4.69) is 14.8 Å².